The fourth-order valence-corrected chi connectivity index (χ4v) is 3.12. The zero-order chi connectivity index (χ0) is 16.7. The first-order valence-corrected chi connectivity index (χ1v) is 7.92. The molecule has 24 heavy (non-hydrogen) atoms. The molecular weight excluding hydrogens is 328 g/mol. The van der Waals surface area contributed by atoms with E-state index in [0.717, 1.165) is 28.7 Å². The number of ether oxygens (including phenoxy) is 1. The number of imidazole rings is 2. The number of benzene rings is 1. The molecule has 8 heteroatoms. The fraction of sp³-hybridized carbons (Fsp3) is 0.250. The van der Waals surface area contributed by atoms with Crippen LogP contribution in [-0.2, 0) is 17.9 Å². The molecular formula is C16H15ClN6O. The van der Waals surface area contributed by atoms with Crippen molar-refractivity contribution >= 4 is 33.8 Å². The second kappa shape index (κ2) is 5.85. The van der Waals surface area contributed by atoms with Crippen molar-refractivity contribution in [3.63, 3.8) is 0 Å². The number of H-pyrrole nitrogens is 1. The number of nitrogens with one attached hydrogen (secondary N) is 1. The molecule has 0 fully saturated rings. The van der Waals surface area contributed by atoms with Crippen molar-refractivity contribution < 1.29 is 4.74 Å². The lowest BCUT2D eigenvalue weighted by atomic mass is 10.1. The Morgan fingerprint density at radius 1 is 1.25 bits per heavy atom. The summed E-state index contributed by atoms with van der Waals surface area (Å²) in [6.45, 7) is 3.41. The summed E-state index contributed by atoms with van der Waals surface area (Å²) < 4.78 is 7.47. The molecule has 0 spiro atoms. The van der Waals surface area contributed by atoms with E-state index in [9.17, 15) is 0 Å². The highest BCUT2D eigenvalue weighted by atomic mass is 35.5. The van der Waals surface area contributed by atoms with Crippen LogP contribution in [0, 0.1) is 0 Å². The molecule has 0 saturated heterocycles. The Balaban J connectivity index is 2.01. The number of aromatic amines is 1. The van der Waals surface area contributed by atoms with Crippen LogP contribution in [0.25, 0.3) is 33.5 Å². The smallest absolute Gasteiger partial charge is 0.225 e. The number of aromatic nitrogens is 6. The van der Waals surface area contributed by atoms with E-state index < -0.39 is 0 Å². The molecule has 1 N–H and O–H groups in total. The second-order valence-electron chi connectivity index (χ2n) is 5.41. The van der Waals surface area contributed by atoms with Crippen LogP contribution in [0.3, 0.4) is 0 Å². The lowest BCUT2D eigenvalue weighted by molar-refractivity contribution is 0.185. The summed E-state index contributed by atoms with van der Waals surface area (Å²) in [7, 11) is 1.68. The van der Waals surface area contributed by atoms with Crippen molar-refractivity contribution in [2.24, 2.45) is 0 Å². The monoisotopic (exact) mass is 342 g/mol. The average molecular weight is 343 g/mol. The highest BCUT2D eigenvalue weighted by molar-refractivity contribution is 6.28. The van der Waals surface area contributed by atoms with Gasteiger partial charge in [0.15, 0.2) is 5.65 Å². The maximum atomic E-state index is 6.06. The van der Waals surface area contributed by atoms with Crippen LogP contribution in [0.2, 0.25) is 5.28 Å². The fourth-order valence-electron chi connectivity index (χ4n) is 2.95. The lowest BCUT2D eigenvalue weighted by Gasteiger charge is -2.09. The SMILES string of the molecule is CCn1cnc2cc(-c3nc(Cl)nc4[nH]cnc34)cc(COC)c21. The normalized spacial score (nSPS) is 11.6. The molecule has 0 bridgehead atoms. The van der Waals surface area contributed by atoms with Crippen molar-refractivity contribution in [2.75, 3.05) is 7.11 Å². The van der Waals surface area contributed by atoms with E-state index in [1.165, 1.54) is 0 Å². The summed E-state index contributed by atoms with van der Waals surface area (Å²) in [4.78, 5) is 20.3. The van der Waals surface area contributed by atoms with Crippen LogP contribution < -0.4 is 0 Å². The van der Waals surface area contributed by atoms with Gasteiger partial charge in [-0.2, -0.15) is 4.98 Å². The molecule has 0 atom stereocenters. The third-order valence-electron chi connectivity index (χ3n) is 3.96. The molecule has 4 aromatic rings. The second-order valence-corrected chi connectivity index (χ2v) is 5.75. The zero-order valence-electron chi connectivity index (χ0n) is 13.2. The molecule has 0 radical (unpaired) electrons. The number of hydrogen-bond donors (Lipinski definition) is 1. The van der Waals surface area contributed by atoms with E-state index in [1.54, 1.807) is 13.4 Å². The van der Waals surface area contributed by atoms with E-state index in [2.05, 4.69) is 36.4 Å². The van der Waals surface area contributed by atoms with Crippen LogP contribution in [0.1, 0.15) is 12.5 Å². The minimum atomic E-state index is 0.175. The van der Waals surface area contributed by atoms with Gasteiger partial charge in [-0.05, 0) is 30.7 Å². The largest absolute Gasteiger partial charge is 0.380 e. The number of aryl methyl sites for hydroxylation is 1. The highest BCUT2D eigenvalue weighted by Gasteiger charge is 2.16. The number of nitrogens with zero attached hydrogens (tertiary/aromatic N) is 5. The topological polar surface area (TPSA) is 81.5 Å². The van der Waals surface area contributed by atoms with E-state index in [0.29, 0.717) is 23.5 Å². The summed E-state index contributed by atoms with van der Waals surface area (Å²) >= 11 is 6.06. The van der Waals surface area contributed by atoms with E-state index in [4.69, 9.17) is 16.3 Å². The van der Waals surface area contributed by atoms with Crippen LogP contribution in [0.4, 0.5) is 0 Å². The Bertz CT molecular complexity index is 1040. The van der Waals surface area contributed by atoms with E-state index in [-0.39, 0.29) is 5.28 Å². The Labute approximate surface area is 142 Å². The lowest BCUT2D eigenvalue weighted by Crippen LogP contribution is -1.99. The van der Waals surface area contributed by atoms with Crippen molar-refractivity contribution in [1.29, 1.82) is 0 Å². The molecule has 3 aromatic heterocycles. The first kappa shape index (κ1) is 15.0. The number of rotatable bonds is 4. The summed E-state index contributed by atoms with van der Waals surface area (Å²) in [5.41, 5.74) is 5.85. The standard InChI is InChI=1S/C16H15ClN6O/c1-3-23-8-20-11-5-9(4-10(6-24-2)14(11)23)12-13-15(19-7-18-13)22-16(17)21-12/h4-5,7-8H,3,6H2,1-2H3,(H,18,19,21,22). The van der Waals surface area contributed by atoms with Gasteiger partial charge < -0.3 is 14.3 Å². The Morgan fingerprint density at radius 3 is 2.92 bits per heavy atom. The highest BCUT2D eigenvalue weighted by Crippen LogP contribution is 2.30. The first-order valence-electron chi connectivity index (χ1n) is 7.55. The van der Waals surface area contributed by atoms with Crippen LogP contribution in [-0.4, -0.2) is 36.6 Å². The molecule has 4 rings (SSSR count). The number of fused-ring (bicyclic) bond motifs is 2. The van der Waals surface area contributed by atoms with Gasteiger partial charge in [0.1, 0.15) is 11.2 Å². The van der Waals surface area contributed by atoms with Crippen LogP contribution in [0.15, 0.2) is 24.8 Å². The molecule has 0 aliphatic heterocycles. The third-order valence-corrected chi connectivity index (χ3v) is 4.13. The van der Waals surface area contributed by atoms with Crippen LogP contribution >= 0.6 is 11.6 Å². The molecule has 0 aliphatic carbocycles. The maximum absolute atomic E-state index is 6.06. The number of halogens is 1. The molecule has 7 nitrogen and oxygen atoms in total. The summed E-state index contributed by atoms with van der Waals surface area (Å²) in [6.07, 6.45) is 3.42. The van der Waals surface area contributed by atoms with Gasteiger partial charge in [0.2, 0.25) is 5.28 Å². The summed E-state index contributed by atoms with van der Waals surface area (Å²) in [5.74, 6) is 0. The Morgan fingerprint density at radius 2 is 2.12 bits per heavy atom. The molecule has 1 aromatic carbocycles. The van der Waals surface area contributed by atoms with Gasteiger partial charge in [0.05, 0.1) is 30.3 Å². The van der Waals surface area contributed by atoms with Crippen molar-refractivity contribution in [2.45, 2.75) is 20.1 Å². The summed E-state index contributed by atoms with van der Waals surface area (Å²) in [5, 5.41) is 0.175. The first-order chi connectivity index (χ1) is 11.7. The molecule has 0 amide bonds. The predicted molar refractivity (Wildman–Crippen MR) is 91.8 cm³/mol. The average Bonchev–Trinajstić information content (AvgIpc) is 3.20. The van der Waals surface area contributed by atoms with Crippen molar-refractivity contribution in [3.8, 4) is 11.3 Å². The molecule has 3 heterocycles. The minimum absolute atomic E-state index is 0.175. The van der Waals surface area contributed by atoms with Gasteiger partial charge in [-0.3, -0.25) is 0 Å². The number of methoxy groups -OCH3 is 1. The van der Waals surface area contributed by atoms with Gasteiger partial charge >= 0.3 is 0 Å². The molecule has 0 saturated carbocycles. The Hall–Kier alpha value is -2.51. The van der Waals surface area contributed by atoms with Gasteiger partial charge in [-0.25, -0.2) is 15.0 Å². The van der Waals surface area contributed by atoms with Gasteiger partial charge in [-0.15, -0.1) is 0 Å². The molecule has 122 valence electrons. The molecule has 0 aliphatic rings. The van der Waals surface area contributed by atoms with Gasteiger partial charge in [0, 0.05) is 24.8 Å². The van der Waals surface area contributed by atoms with Crippen LogP contribution in [0.5, 0.6) is 0 Å². The van der Waals surface area contributed by atoms with Gasteiger partial charge in [0.25, 0.3) is 0 Å². The van der Waals surface area contributed by atoms with Crippen molar-refractivity contribution in [1.82, 2.24) is 29.5 Å². The van der Waals surface area contributed by atoms with E-state index in [1.807, 2.05) is 18.5 Å². The minimum Gasteiger partial charge on any atom is -0.380 e. The predicted octanol–water partition coefficient (Wildman–Crippen LogP) is 3.19. The third kappa shape index (κ3) is 2.33. The Kier molecular flexibility index (Phi) is 3.66. The van der Waals surface area contributed by atoms with Gasteiger partial charge in [-0.1, -0.05) is 0 Å². The summed E-state index contributed by atoms with van der Waals surface area (Å²) in [6, 6.07) is 4.04. The molecule has 0 unspecified atom stereocenters. The zero-order valence-corrected chi connectivity index (χ0v) is 14.0. The van der Waals surface area contributed by atoms with Crippen molar-refractivity contribution in [3.05, 3.63) is 35.6 Å². The number of hydrogen-bond acceptors (Lipinski definition) is 5. The maximum Gasteiger partial charge on any atom is 0.225 e. The van der Waals surface area contributed by atoms with E-state index >= 15 is 0 Å². The quantitative estimate of drug-likeness (QED) is 0.576.